The quantitative estimate of drug-likeness (QED) is 0.660. The lowest BCUT2D eigenvalue weighted by Crippen LogP contribution is -2.46. The monoisotopic (exact) mass is 366 g/mol. The van der Waals surface area contributed by atoms with Gasteiger partial charge in [-0.15, -0.1) is 0 Å². The molecular weight excluding hydrogens is 343 g/mol. The van der Waals surface area contributed by atoms with Crippen molar-refractivity contribution in [3.05, 3.63) is 75.4 Å². The van der Waals surface area contributed by atoms with Crippen molar-refractivity contribution in [3.8, 4) is 0 Å². The van der Waals surface area contributed by atoms with Crippen LogP contribution in [0.15, 0.2) is 51.7 Å². The zero-order valence-corrected chi connectivity index (χ0v) is 15.7. The predicted molar refractivity (Wildman–Crippen MR) is 106 cm³/mol. The zero-order valence-electron chi connectivity index (χ0n) is 15.7. The first kappa shape index (κ1) is 17.7. The Hall–Kier alpha value is -2.66. The van der Waals surface area contributed by atoms with E-state index in [2.05, 4.69) is 22.8 Å². The minimum atomic E-state index is -0.300. The van der Waals surface area contributed by atoms with Crippen molar-refractivity contribution in [3.63, 3.8) is 0 Å². The second kappa shape index (κ2) is 7.16. The van der Waals surface area contributed by atoms with E-state index in [4.69, 9.17) is 4.42 Å². The van der Waals surface area contributed by atoms with E-state index in [1.165, 1.54) is 17.7 Å². The molecular formula is C22H23FN2O2. The Morgan fingerprint density at radius 3 is 2.33 bits per heavy atom. The van der Waals surface area contributed by atoms with Crippen molar-refractivity contribution < 1.29 is 8.81 Å². The molecule has 0 bridgehead atoms. The number of rotatable bonds is 3. The van der Waals surface area contributed by atoms with Gasteiger partial charge in [0.1, 0.15) is 11.4 Å². The first-order chi connectivity index (χ1) is 13.0. The molecule has 0 radical (unpaired) electrons. The molecule has 0 unspecified atom stereocenters. The zero-order chi connectivity index (χ0) is 19.0. The summed E-state index contributed by atoms with van der Waals surface area (Å²) in [5.74, 6) is -0.210. The molecule has 0 atom stereocenters. The molecule has 4 rings (SSSR count). The first-order valence-electron chi connectivity index (χ1n) is 9.26. The molecule has 3 aromatic rings. The second-order valence-corrected chi connectivity index (χ2v) is 7.26. The number of fused-ring (bicyclic) bond motifs is 1. The van der Waals surface area contributed by atoms with Crippen LogP contribution in [0.3, 0.4) is 0 Å². The van der Waals surface area contributed by atoms with Crippen LogP contribution in [-0.2, 0) is 6.54 Å². The van der Waals surface area contributed by atoms with Gasteiger partial charge in [0.15, 0.2) is 0 Å². The van der Waals surface area contributed by atoms with Gasteiger partial charge < -0.3 is 9.32 Å². The Morgan fingerprint density at radius 1 is 0.963 bits per heavy atom. The molecule has 0 N–H and O–H groups in total. The Bertz CT molecular complexity index is 1020. The number of nitrogens with zero attached hydrogens (tertiary/aromatic N) is 2. The number of halogens is 1. The van der Waals surface area contributed by atoms with Gasteiger partial charge in [0.05, 0.1) is 0 Å². The molecule has 2 heterocycles. The molecule has 1 saturated heterocycles. The van der Waals surface area contributed by atoms with Crippen LogP contribution in [0, 0.1) is 19.7 Å². The summed E-state index contributed by atoms with van der Waals surface area (Å²) in [6, 6.07) is 12.3. The topological polar surface area (TPSA) is 36.7 Å². The van der Waals surface area contributed by atoms with Crippen LogP contribution >= 0.6 is 0 Å². The Balaban J connectivity index is 1.51. The molecule has 140 valence electrons. The Labute approximate surface area is 157 Å². The number of benzene rings is 2. The molecule has 27 heavy (non-hydrogen) atoms. The van der Waals surface area contributed by atoms with Crippen LogP contribution in [0.2, 0.25) is 0 Å². The SMILES string of the molecule is Cc1cc2oc(=O)cc(CN3CCN(c4ccc(F)cc4)CC3)c2cc1C. The fraction of sp³-hybridized carbons (Fsp3) is 0.318. The molecule has 2 aromatic carbocycles. The van der Waals surface area contributed by atoms with Crippen molar-refractivity contribution >= 4 is 16.7 Å². The summed E-state index contributed by atoms with van der Waals surface area (Å²) in [4.78, 5) is 16.6. The molecule has 0 amide bonds. The molecule has 1 fully saturated rings. The summed E-state index contributed by atoms with van der Waals surface area (Å²) in [6.07, 6.45) is 0. The number of anilines is 1. The molecule has 5 heteroatoms. The molecule has 1 aliphatic rings. The van der Waals surface area contributed by atoms with Crippen LogP contribution in [0.1, 0.15) is 16.7 Å². The molecule has 1 aromatic heterocycles. The maximum atomic E-state index is 13.1. The van der Waals surface area contributed by atoms with Crippen LogP contribution in [0.5, 0.6) is 0 Å². The largest absolute Gasteiger partial charge is 0.423 e. The van der Waals surface area contributed by atoms with Gasteiger partial charge in [-0.1, -0.05) is 0 Å². The number of aryl methyl sites for hydroxylation is 2. The van der Waals surface area contributed by atoms with E-state index >= 15 is 0 Å². The third-order valence-corrected chi connectivity index (χ3v) is 5.40. The lowest BCUT2D eigenvalue weighted by molar-refractivity contribution is 0.250. The van der Waals surface area contributed by atoms with E-state index in [9.17, 15) is 9.18 Å². The minimum absolute atomic E-state index is 0.210. The van der Waals surface area contributed by atoms with Gasteiger partial charge in [-0.25, -0.2) is 9.18 Å². The normalized spacial score (nSPS) is 15.4. The van der Waals surface area contributed by atoms with Crippen molar-refractivity contribution in [1.82, 2.24) is 4.90 Å². The van der Waals surface area contributed by atoms with E-state index in [1.807, 2.05) is 25.1 Å². The Morgan fingerprint density at radius 2 is 1.63 bits per heavy atom. The molecule has 0 saturated carbocycles. The van der Waals surface area contributed by atoms with Crippen LogP contribution in [-0.4, -0.2) is 31.1 Å². The number of hydrogen-bond acceptors (Lipinski definition) is 4. The second-order valence-electron chi connectivity index (χ2n) is 7.26. The highest BCUT2D eigenvalue weighted by atomic mass is 19.1. The summed E-state index contributed by atoms with van der Waals surface area (Å²) in [6.45, 7) is 8.36. The summed E-state index contributed by atoms with van der Waals surface area (Å²) in [7, 11) is 0. The van der Waals surface area contributed by atoms with E-state index in [0.29, 0.717) is 5.58 Å². The fourth-order valence-electron chi connectivity index (χ4n) is 3.67. The van der Waals surface area contributed by atoms with Gasteiger partial charge in [-0.2, -0.15) is 0 Å². The highest BCUT2D eigenvalue weighted by Crippen LogP contribution is 2.24. The highest BCUT2D eigenvalue weighted by molar-refractivity contribution is 5.81. The third-order valence-electron chi connectivity index (χ3n) is 5.40. The Kier molecular flexibility index (Phi) is 4.70. The van der Waals surface area contributed by atoms with Crippen molar-refractivity contribution in [2.24, 2.45) is 0 Å². The molecule has 4 nitrogen and oxygen atoms in total. The van der Waals surface area contributed by atoms with E-state index in [-0.39, 0.29) is 11.4 Å². The van der Waals surface area contributed by atoms with Gasteiger partial charge in [0, 0.05) is 49.9 Å². The van der Waals surface area contributed by atoms with Crippen molar-refractivity contribution in [2.45, 2.75) is 20.4 Å². The smallest absolute Gasteiger partial charge is 0.336 e. The molecule has 0 spiro atoms. The van der Waals surface area contributed by atoms with Crippen molar-refractivity contribution in [2.75, 3.05) is 31.1 Å². The van der Waals surface area contributed by atoms with E-state index in [0.717, 1.165) is 54.9 Å². The highest BCUT2D eigenvalue weighted by Gasteiger charge is 2.19. The minimum Gasteiger partial charge on any atom is -0.423 e. The average molecular weight is 366 g/mol. The predicted octanol–water partition coefficient (Wildman–Crippen LogP) is 3.87. The summed E-state index contributed by atoms with van der Waals surface area (Å²) < 4.78 is 18.5. The van der Waals surface area contributed by atoms with Crippen molar-refractivity contribution in [1.29, 1.82) is 0 Å². The summed E-state index contributed by atoms with van der Waals surface area (Å²) >= 11 is 0. The van der Waals surface area contributed by atoms with Gasteiger partial charge in [0.2, 0.25) is 0 Å². The van der Waals surface area contributed by atoms with E-state index in [1.54, 1.807) is 6.07 Å². The lowest BCUT2D eigenvalue weighted by Gasteiger charge is -2.36. The lowest BCUT2D eigenvalue weighted by atomic mass is 10.0. The van der Waals surface area contributed by atoms with Crippen LogP contribution in [0.25, 0.3) is 11.0 Å². The number of hydrogen-bond donors (Lipinski definition) is 0. The number of piperazine rings is 1. The first-order valence-corrected chi connectivity index (χ1v) is 9.26. The van der Waals surface area contributed by atoms with E-state index < -0.39 is 0 Å². The van der Waals surface area contributed by atoms with Crippen LogP contribution < -0.4 is 10.5 Å². The maximum Gasteiger partial charge on any atom is 0.336 e. The van der Waals surface area contributed by atoms with Gasteiger partial charge in [-0.05, 0) is 66.9 Å². The standard InChI is InChI=1S/C22H23FN2O2/c1-15-11-20-17(13-22(26)27-21(20)12-16(15)2)14-24-7-9-25(10-8-24)19-5-3-18(23)4-6-19/h3-6,11-13H,7-10,14H2,1-2H3. The fourth-order valence-corrected chi connectivity index (χ4v) is 3.67. The summed E-state index contributed by atoms with van der Waals surface area (Å²) in [5, 5.41) is 1.01. The maximum absolute atomic E-state index is 13.1. The van der Waals surface area contributed by atoms with Gasteiger partial charge in [0.25, 0.3) is 0 Å². The van der Waals surface area contributed by atoms with Gasteiger partial charge >= 0.3 is 5.63 Å². The van der Waals surface area contributed by atoms with Crippen LogP contribution in [0.4, 0.5) is 10.1 Å². The third kappa shape index (κ3) is 3.74. The molecule has 1 aliphatic heterocycles. The molecule has 0 aliphatic carbocycles. The average Bonchev–Trinajstić information content (AvgIpc) is 2.65. The summed E-state index contributed by atoms with van der Waals surface area (Å²) in [5.41, 5.74) is 4.73. The van der Waals surface area contributed by atoms with Gasteiger partial charge in [-0.3, -0.25) is 4.90 Å².